The van der Waals surface area contributed by atoms with E-state index in [0.717, 1.165) is 0 Å². The van der Waals surface area contributed by atoms with E-state index in [9.17, 15) is 19.7 Å². The van der Waals surface area contributed by atoms with Gasteiger partial charge >= 0.3 is 5.97 Å². The van der Waals surface area contributed by atoms with E-state index in [1.54, 1.807) is 24.0 Å². The van der Waals surface area contributed by atoms with Crippen LogP contribution in [-0.4, -0.2) is 40.5 Å². The number of non-ortho nitro benzene ring substituents is 1. The van der Waals surface area contributed by atoms with Crippen molar-refractivity contribution in [1.29, 1.82) is 0 Å². The molecule has 1 atom stereocenters. The van der Waals surface area contributed by atoms with E-state index in [1.165, 1.54) is 31.0 Å². The number of benzene rings is 1. The number of aliphatic imine (C=N–C) groups is 1. The monoisotopic (exact) mass is 416 g/mol. The van der Waals surface area contributed by atoms with Crippen LogP contribution in [0.1, 0.15) is 31.9 Å². The highest BCUT2D eigenvalue weighted by atomic mass is 32.2. The Hall–Kier alpha value is -3.14. The third-order valence-corrected chi connectivity index (χ3v) is 5.41. The zero-order chi connectivity index (χ0) is 21.1. The first-order valence-corrected chi connectivity index (χ1v) is 9.79. The second-order valence-electron chi connectivity index (χ2n) is 6.37. The number of carbonyl (C=O) groups excluding carboxylic acids is 2. The number of nitro benzene ring substituents is 1. The highest BCUT2D eigenvalue weighted by Gasteiger charge is 2.41. The smallest absolute Gasteiger partial charge is 0.338 e. The van der Waals surface area contributed by atoms with Crippen molar-refractivity contribution >= 4 is 34.5 Å². The fourth-order valence-electron chi connectivity index (χ4n) is 3.29. The van der Waals surface area contributed by atoms with E-state index < -0.39 is 16.9 Å². The molecule has 0 saturated heterocycles. The maximum Gasteiger partial charge on any atom is 0.338 e. The number of fused-ring (bicyclic) bond motifs is 1. The van der Waals surface area contributed by atoms with Crippen molar-refractivity contribution < 1.29 is 19.2 Å². The van der Waals surface area contributed by atoms with Gasteiger partial charge in [0.15, 0.2) is 5.17 Å². The highest BCUT2D eigenvalue weighted by Crippen LogP contribution is 2.45. The number of rotatable bonds is 6. The van der Waals surface area contributed by atoms with Gasteiger partial charge in [0, 0.05) is 24.4 Å². The summed E-state index contributed by atoms with van der Waals surface area (Å²) in [5.74, 6) is -0.736. The average Bonchev–Trinajstić information content (AvgIpc) is 3.08. The number of ether oxygens (including phenoxy) is 1. The molecule has 10 heteroatoms. The Balaban J connectivity index is 2.10. The van der Waals surface area contributed by atoms with Crippen LogP contribution in [0, 0.1) is 10.1 Å². The molecule has 1 N–H and O–H groups in total. The normalized spacial score (nSPS) is 18.0. The van der Waals surface area contributed by atoms with Gasteiger partial charge in [-0.05, 0) is 24.8 Å². The number of allylic oxidation sites excluding steroid dienone is 1. The third kappa shape index (κ3) is 4.02. The average molecular weight is 416 g/mol. The number of hydrogen-bond acceptors (Lipinski definition) is 8. The highest BCUT2D eigenvalue weighted by molar-refractivity contribution is 8.16. The first kappa shape index (κ1) is 20.6. The Morgan fingerprint density at radius 1 is 1.41 bits per heavy atom. The van der Waals surface area contributed by atoms with Gasteiger partial charge in [0.1, 0.15) is 0 Å². The van der Waals surface area contributed by atoms with Crippen LogP contribution in [0.2, 0.25) is 0 Å². The molecule has 1 aromatic rings. The lowest BCUT2D eigenvalue weighted by Gasteiger charge is -2.36. The van der Waals surface area contributed by atoms with E-state index in [-0.39, 0.29) is 23.6 Å². The van der Waals surface area contributed by atoms with Gasteiger partial charge in [0.05, 0.1) is 35.8 Å². The standard InChI is InChI=1S/C19H20N4O5S/c1-4-20-15(24)9-14-10-29-19-21-11(2)16(18(25)28-3)17(22(14)19)12-6-5-7-13(8-12)23(26)27/h5-8,10,17H,4,9H2,1-3H3,(H,20,24). The zero-order valence-electron chi connectivity index (χ0n) is 16.2. The number of esters is 1. The largest absolute Gasteiger partial charge is 0.466 e. The molecule has 0 radical (unpaired) electrons. The molecule has 2 aliphatic heterocycles. The molecule has 0 aliphatic carbocycles. The molecule has 1 amide bonds. The summed E-state index contributed by atoms with van der Waals surface area (Å²) in [7, 11) is 1.27. The second kappa shape index (κ2) is 8.48. The van der Waals surface area contributed by atoms with Crippen molar-refractivity contribution in [3.63, 3.8) is 0 Å². The lowest BCUT2D eigenvalue weighted by molar-refractivity contribution is -0.384. The fourth-order valence-corrected chi connectivity index (χ4v) is 4.25. The Kier molecular flexibility index (Phi) is 6.02. The van der Waals surface area contributed by atoms with E-state index in [1.807, 2.05) is 12.3 Å². The number of nitro groups is 1. The Labute approximate surface area is 171 Å². The number of nitrogens with zero attached hydrogens (tertiary/aromatic N) is 3. The summed E-state index contributed by atoms with van der Waals surface area (Å²) < 4.78 is 4.96. The van der Waals surface area contributed by atoms with Crippen LogP contribution in [0.25, 0.3) is 0 Å². The summed E-state index contributed by atoms with van der Waals surface area (Å²) in [4.78, 5) is 41.8. The molecule has 2 heterocycles. The molecule has 1 aromatic carbocycles. The van der Waals surface area contributed by atoms with Crippen molar-refractivity contribution in [3.05, 3.63) is 62.3 Å². The van der Waals surface area contributed by atoms with Crippen LogP contribution in [0.3, 0.4) is 0 Å². The SMILES string of the molecule is CCNC(=O)CC1=CSC2=NC(C)=C(C(=O)OC)C(c3cccc([N+](=O)[O-])c3)N12. The summed E-state index contributed by atoms with van der Waals surface area (Å²) in [6, 6.07) is 5.41. The summed E-state index contributed by atoms with van der Waals surface area (Å²) in [6.07, 6.45) is 0.0960. The number of amidine groups is 1. The Morgan fingerprint density at radius 2 is 2.17 bits per heavy atom. The molecule has 0 spiro atoms. The predicted octanol–water partition coefficient (Wildman–Crippen LogP) is 2.87. The van der Waals surface area contributed by atoms with Gasteiger partial charge in [-0.25, -0.2) is 9.79 Å². The van der Waals surface area contributed by atoms with Crippen LogP contribution in [0.15, 0.2) is 51.6 Å². The molecule has 3 rings (SSSR count). The molecule has 1 unspecified atom stereocenters. The number of methoxy groups -OCH3 is 1. The van der Waals surface area contributed by atoms with E-state index in [2.05, 4.69) is 10.3 Å². The number of nitrogens with one attached hydrogen (secondary N) is 1. The quantitative estimate of drug-likeness (QED) is 0.431. The van der Waals surface area contributed by atoms with Gasteiger partial charge in [-0.1, -0.05) is 23.9 Å². The van der Waals surface area contributed by atoms with Crippen molar-refractivity contribution in [2.45, 2.75) is 26.3 Å². The summed E-state index contributed by atoms with van der Waals surface area (Å²) in [5.41, 5.74) is 1.86. The second-order valence-corrected chi connectivity index (χ2v) is 7.20. The van der Waals surface area contributed by atoms with Crippen LogP contribution in [-0.2, 0) is 14.3 Å². The van der Waals surface area contributed by atoms with Gasteiger partial charge < -0.3 is 15.0 Å². The molecule has 0 bridgehead atoms. The van der Waals surface area contributed by atoms with E-state index in [0.29, 0.717) is 28.7 Å². The fraction of sp³-hybridized carbons (Fsp3) is 0.316. The van der Waals surface area contributed by atoms with Crippen molar-refractivity contribution in [1.82, 2.24) is 10.2 Å². The molecule has 29 heavy (non-hydrogen) atoms. The van der Waals surface area contributed by atoms with Crippen molar-refractivity contribution in [3.8, 4) is 0 Å². The maximum atomic E-state index is 12.6. The van der Waals surface area contributed by atoms with Crippen molar-refractivity contribution in [2.75, 3.05) is 13.7 Å². The van der Waals surface area contributed by atoms with Gasteiger partial charge in [-0.15, -0.1) is 0 Å². The molecular weight excluding hydrogens is 396 g/mol. The Morgan fingerprint density at radius 3 is 2.83 bits per heavy atom. The van der Waals surface area contributed by atoms with E-state index in [4.69, 9.17) is 4.74 Å². The van der Waals surface area contributed by atoms with Crippen LogP contribution < -0.4 is 5.32 Å². The number of carbonyl (C=O) groups is 2. The minimum atomic E-state index is -0.689. The molecule has 0 saturated carbocycles. The first-order valence-electron chi connectivity index (χ1n) is 8.91. The number of amides is 1. The summed E-state index contributed by atoms with van der Waals surface area (Å²) in [6.45, 7) is 4.03. The van der Waals surface area contributed by atoms with Crippen LogP contribution in [0.5, 0.6) is 0 Å². The lowest BCUT2D eigenvalue weighted by atomic mass is 9.93. The van der Waals surface area contributed by atoms with Gasteiger partial charge in [-0.2, -0.15) is 0 Å². The van der Waals surface area contributed by atoms with Crippen molar-refractivity contribution in [2.24, 2.45) is 4.99 Å². The lowest BCUT2D eigenvalue weighted by Crippen LogP contribution is -2.38. The molecule has 0 fully saturated rings. The third-order valence-electron chi connectivity index (χ3n) is 4.52. The predicted molar refractivity (Wildman–Crippen MR) is 109 cm³/mol. The van der Waals surface area contributed by atoms with Gasteiger partial charge in [0.2, 0.25) is 5.91 Å². The van der Waals surface area contributed by atoms with Crippen LogP contribution in [0.4, 0.5) is 5.69 Å². The minimum Gasteiger partial charge on any atom is -0.466 e. The first-order chi connectivity index (χ1) is 13.9. The molecular formula is C19H20N4O5S. The summed E-state index contributed by atoms with van der Waals surface area (Å²) >= 11 is 1.34. The summed E-state index contributed by atoms with van der Waals surface area (Å²) in [5, 5.41) is 16.4. The topological polar surface area (TPSA) is 114 Å². The van der Waals surface area contributed by atoms with Gasteiger partial charge in [-0.3, -0.25) is 14.9 Å². The maximum absolute atomic E-state index is 12.6. The number of hydrogen-bond donors (Lipinski definition) is 1. The minimum absolute atomic E-state index is 0.0884. The molecule has 152 valence electrons. The molecule has 9 nitrogen and oxygen atoms in total. The van der Waals surface area contributed by atoms with Gasteiger partial charge in [0.25, 0.3) is 5.69 Å². The molecule has 2 aliphatic rings. The number of thioether (sulfide) groups is 1. The Bertz CT molecular complexity index is 969. The van der Waals surface area contributed by atoms with E-state index >= 15 is 0 Å². The molecule has 0 aromatic heterocycles. The zero-order valence-corrected chi connectivity index (χ0v) is 17.0. The van der Waals surface area contributed by atoms with Crippen LogP contribution >= 0.6 is 11.8 Å².